The van der Waals surface area contributed by atoms with Crippen LogP contribution in [0, 0.1) is 11.8 Å². The summed E-state index contributed by atoms with van der Waals surface area (Å²) in [6, 6.07) is -0.161. The number of carbonyl (C=O) groups excluding carboxylic acids is 2. The number of hydrogen-bond donors (Lipinski definition) is 2. The second-order valence-electron chi connectivity index (χ2n) is 7.61. The van der Waals surface area contributed by atoms with Gasteiger partial charge in [0.1, 0.15) is 6.10 Å². The summed E-state index contributed by atoms with van der Waals surface area (Å²) in [5, 5.41) is 20.9. The van der Waals surface area contributed by atoms with Gasteiger partial charge in [0, 0.05) is 24.6 Å². The van der Waals surface area contributed by atoms with Gasteiger partial charge in [0.05, 0.1) is 18.8 Å². The minimum absolute atomic E-state index is 0.00849. The molecule has 7 nitrogen and oxygen atoms in total. The SMILES string of the molecule is C[C@]1(O)C(=O)OC[C@@H]2[C@@H]3[C@@H](CCN3C[C@H]2O)OC(=O)/C(=[13CH]/[13CH3])C[13C@@H]1[13CH3]. The van der Waals surface area contributed by atoms with E-state index in [-0.39, 0.29) is 31.1 Å². The summed E-state index contributed by atoms with van der Waals surface area (Å²) in [6.45, 7) is 6.07. The van der Waals surface area contributed by atoms with Gasteiger partial charge >= 0.3 is 11.9 Å². The quantitative estimate of drug-likeness (QED) is 0.364. The molecule has 140 valence electrons. The van der Waals surface area contributed by atoms with Crippen LogP contribution in [0.3, 0.4) is 0 Å². The Hall–Kier alpha value is -1.44. The van der Waals surface area contributed by atoms with E-state index in [1.165, 1.54) is 6.92 Å². The highest BCUT2D eigenvalue weighted by Gasteiger charge is 2.51. The van der Waals surface area contributed by atoms with Crippen LogP contribution in [0.15, 0.2) is 11.6 Å². The first-order valence-electron chi connectivity index (χ1n) is 8.93. The number of nitrogens with zero attached hydrogens (tertiary/aromatic N) is 1. The van der Waals surface area contributed by atoms with Crippen LogP contribution in [0.5, 0.6) is 0 Å². The van der Waals surface area contributed by atoms with Crippen molar-refractivity contribution in [1.29, 1.82) is 0 Å². The molecule has 2 N–H and O–H groups in total. The summed E-state index contributed by atoms with van der Waals surface area (Å²) < 4.78 is 11.1. The van der Waals surface area contributed by atoms with Crippen LogP contribution in [0.4, 0.5) is 0 Å². The average molecular weight is 357 g/mol. The van der Waals surface area contributed by atoms with Gasteiger partial charge in [-0.1, -0.05) is 13.0 Å². The van der Waals surface area contributed by atoms with E-state index in [2.05, 4.69) is 4.90 Å². The second kappa shape index (κ2) is 6.70. The summed E-state index contributed by atoms with van der Waals surface area (Å²) in [5.41, 5.74) is -1.28. The lowest BCUT2D eigenvalue weighted by atomic mass is 9.94. The van der Waals surface area contributed by atoms with E-state index in [0.717, 1.165) is 6.54 Å². The smallest absolute Gasteiger partial charge is 0.338 e. The van der Waals surface area contributed by atoms with Crippen LogP contribution < -0.4 is 0 Å². The van der Waals surface area contributed by atoms with Gasteiger partial charge in [0.15, 0.2) is 5.60 Å². The number of aliphatic hydroxyl groups excluding tert-OH is 1. The Morgan fingerprint density at radius 2 is 2.08 bits per heavy atom. The number of carbonyl (C=O) groups is 2. The molecule has 3 aliphatic rings. The van der Waals surface area contributed by atoms with Crippen LogP contribution >= 0.6 is 0 Å². The summed E-state index contributed by atoms with van der Waals surface area (Å²) in [4.78, 5) is 27.1. The monoisotopic (exact) mass is 357 g/mol. The molecule has 6 atom stereocenters. The molecular weight excluding hydrogens is 330 g/mol. The summed E-state index contributed by atoms with van der Waals surface area (Å²) in [5.74, 6) is -1.97. The number of cyclic esters (lactones) is 1. The predicted molar refractivity (Wildman–Crippen MR) is 88.5 cm³/mol. The molecule has 3 rings (SSSR count). The highest BCUT2D eigenvalue weighted by molar-refractivity contribution is 5.89. The van der Waals surface area contributed by atoms with Crippen LogP contribution in [-0.2, 0) is 19.1 Å². The van der Waals surface area contributed by atoms with E-state index in [1.54, 1.807) is 19.9 Å². The molecular formula is C18H27NO6. The van der Waals surface area contributed by atoms with Crippen molar-refractivity contribution in [3.8, 4) is 0 Å². The van der Waals surface area contributed by atoms with Crippen LogP contribution in [-0.4, -0.2) is 70.6 Å². The van der Waals surface area contributed by atoms with Crippen molar-refractivity contribution in [3.05, 3.63) is 11.6 Å². The zero-order valence-corrected chi connectivity index (χ0v) is 15.0. The first-order valence-corrected chi connectivity index (χ1v) is 8.93. The van der Waals surface area contributed by atoms with E-state index < -0.39 is 29.6 Å². The highest BCUT2D eigenvalue weighted by atomic mass is 16.6. The Morgan fingerprint density at radius 3 is 2.76 bits per heavy atom. The number of esters is 2. The average Bonchev–Trinajstić information content (AvgIpc) is 3.08. The number of ether oxygens (including phenoxy) is 2. The van der Waals surface area contributed by atoms with Gasteiger partial charge in [-0.05, 0) is 32.6 Å². The third-order valence-electron chi connectivity index (χ3n) is 6.03. The topological polar surface area (TPSA) is 96.3 Å². The third kappa shape index (κ3) is 3.20. The number of rotatable bonds is 0. The van der Waals surface area contributed by atoms with Gasteiger partial charge in [0.25, 0.3) is 0 Å². The van der Waals surface area contributed by atoms with E-state index >= 15 is 0 Å². The minimum atomic E-state index is -1.72. The fourth-order valence-electron chi connectivity index (χ4n) is 4.13. The molecule has 0 aromatic carbocycles. The van der Waals surface area contributed by atoms with Gasteiger partial charge in [-0.2, -0.15) is 0 Å². The maximum atomic E-state index is 12.6. The largest absolute Gasteiger partial charge is 0.463 e. The van der Waals surface area contributed by atoms with E-state index in [0.29, 0.717) is 18.5 Å². The van der Waals surface area contributed by atoms with E-state index in [1.807, 2.05) is 0 Å². The van der Waals surface area contributed by atoms with Crippen molar-refractivity contribution < 1.29 is 29.3 Å². The molecule has 0 bridgehead atoms. The fraction of sp³-hybridized carbons (Fsp3) is 0.778. The number of allylic oxidation sites excluding steroid dienone is 1. The van der Waals surface area contributed by atoms with Crippen LogP contribution in [0.2, 0.25) is 0 Å². The van der Waals surface area contributed by atoms with Gasteiger partial charge < -0.3 is 19.7 Å². The molecule has 0 aromatic rings. The lowest BCUT2D eigenvalue weighted by molar-refractivity contribution is -0.173. The van der Waals surface area contributed by atoms with Gasteiger partial charge in [-0.3, -0.25) is 4.90 Å². The molecule has 0 aromatic heterocycles. The molecule has 0 spiro atoms. The van der Waals surface area contributed by atoms with Crippen molar-refractivity contribution >= 4 is 11.9 Å². The Kier molecular flexibility index (Phi) is 4.92. The van der Waals surface area contributed by atoms with Crippen molar-refractivity contribution in [2.24, 2.45) is 11.8 Å². The van der Waals surface area contributed by atoms with Gasteiger partial charge in [0.2, 0.25) is 0 Å². The fourth-order valence-corrected chi connectivity index (χ4v) is 4.13. The van der Waals surface area contributed by atoms with Gasteiger partial charge in [-0.15, -0.1) is 0 Å². The molecule has 25 heavy (non-hydrogen) atoms. The molecule has 7 heteroatoms. The zero-order valence-electron chi connectivity index (χ0n) is 15.0. The van der Waals surface area contributed by atoms with Crippen molar-refractivity contribution in [1.82, 2.24) is 4.90 Å². The molecule has 3 fully saturated rings. The van der Waals surface area contributed by atoms with Gasteiger partial charge in [-0.25, -0.2) is 9.59 Å². The summed E-state index contributed by atoms with van der Waals surface area (Å²) >= 11 is 0. The summed E-state index contributed by atoms with van der Waals surface area (Å²) in [6.07, 6.45) is 1.63. The minimum Gasteiger partial charge on any atom is -0.463 e. The Morgan fingerprint density at radius 1 is 1.36 bits per heavy atom. The Labute approximate surface area is 147 Å². The van der Waals surface area contributed by atoms with Crippen molar-refractivity contribution in [3.63, 3.8) is 0 Å². The normalized spacial score (nSPS) is 44.7. The standard InChI is InChI=1S/C18H27NO6/c1-4-11-7-10(2)18(3,23)17(22)24-9-12-13(20)8-19-6-5-14(15(12)19)25-16(11)21/h4,10,12-15,20,23H,5-9H2,1-3H3/b11-4+/t10-,12-,13+,14+,15+,18+/m0/s1/i1+1,2+1,4+1,10+1. The first-order chi connectivity index (χ1) is 11.8. The van der Waals surface area contributed by atoms with Crippen LogP contribution in [0.25, 0.3) is 0 Å². The highest BCUT2D eigenvalue weighted by Crippen LogP contribution is 2.37. The zero-order chi connectivity index (χ0) is 18.4. The maximum absolute atomic E-state index is 12.6. The number of aliphatic hydroxyl groups is 2. The molecule has 0 saturated carbocycles. The predicted octanol–water partition coefficient (Wildman–Crippen LogP) is 0.243. The second-order valence-corrected chi connectivity index (χ2v) is 7.61. The molecule has 0 unspecified atom stereocenters. The Bertz CT molecular complexity index is 586. The maximum Gasteiger partial charge on any atom is 0.338 e. The number of hydrogen-bond acceptors (Lipinski definition) is 7. The summed E-state index contributed by atoms with van der Waals surface area (Å²) in [7, 11) is 0. The van der Waals surface area contributed by atoms with Crippen molar-refractivity contribution in [2.45, 2.75) is 57.5 Å². The molecule has 0 amide bonds. The molecule has 3 aliphatic heterocycles. The van der Waals surface area contributed by atoms with Crippen molar-refractivity contribution in [2.75, 3.05) is 19.7 Å². The molecule has 3 heterocycles. The van der Waals surface area contributed by atoms with E-state index in [9.17, 15) is 19.8 Å². The first kappa shape index (κ1) is 18.4. The molecule has 0 radical (unpaired) electrons. The lowest BCUT2D eigenvalue weighted by Gasteiger charge is -2.32. The van der Waals surface area contributed by atoms with E-state index in [4.69, 9.17) is 9.47 Å². The lowest BCUT2D eigenvalue weighted by Crippen LogP contribution is -2.47. The Balaban J connectivity index is 1.91. The third-order valence-corrected chi connectivity index (χ3v) is 6.03. The molecule has 3 saturated heterocycles. The molecule has 0 aliphatic carbocycles. The van der Waals surface area contributed by atoms with Crippen LogP contribution in [0.1, 0.15) is 33.6 Å².